The van der Waals surface area contributed by atoms with Gasteiger partial charge in [-0.15, -0.1) is 0 Å². The molecular formula is C14H10O. The molecule has 1 heteroatoms. The maximum atomic E-state index is 5.37. The van der Waals surface area contributed by atoms with Gasteiger partial charge >= 0.3 is 0 Å². The topological polar surface area (TPSA) is 13.1 Å². The first-order valence-electron chi connectivity index (χ1n) is 4.96. The molecule has 1 nitrogen and oxygen atoms in total. The molecule has 0 bridgehead atoms. The molecule has 0 radical (unpaired) electrons. The Kier molecular flexibility index (Phi) is 1.82. The van der Waals surface area contributed by atoms with Gasteiger partial charge in [-0.1, -0.05) is 30.3 Å². The zero-order valence-corrected chi connectivity index (χ0v) is 8.18. The van der Waals surface area contributed by atoms with Crippen molar-refractivity contribution in [3.63, 3.8) is 0 Å². The van der Waals surface area contributed by atoms with E-state index in [-0.39, 0.29) is 0 Å². The largest absolute Gasteiger partial charge is 0.464 e. The van der Waals surface area contributed by atoms with Crippen molar-refractivity contribution >= 4 is 0 Å². The fourth-order valence-corrected chi connectivity index (χ4v) is 1.80. The van der Waals surface area contributed by atoms with Gasteiger partial charge in [-0.25, -0.2) is 0 Å². The minimum atomic E-state index is 0.925. The van der Waals surface area contributed by atoms with Crippen LogP contribution in [0.15, 0.2) is 65.3 Å². The summed E-state index contributed by atoms with van der Waals surface area (Å²) in [7, 11) is 0. The highest BCUT2D eigenvalue weighted by atomic mass is 16.3. The van der Waals surface area contributed by atoms with E-state index >= 15 is 0 Å². The van der Waals surface area contributed by atoms with Crippen LogP contribution in [0, 0.1) is 0 Å². The summed E-state index contributed by atoms with van der Waals surface area (Å²) in [4.78, 5) is 0. The quantitative estimate of drug-likeness (QED) is 0.569. The van der Waals surface area contributed by atoms with Crippen LogP contribution in [0.4, 0.5) is 0 Å². The van der Waals surface area contributed by atoms with Crippen LogP contribution in [-0.4, -0.2) is 0 Å². The average molecular weight is 194 g/mol. The minimum Gasteiger partial charge on any atom is -0.464 e. The molecule has 0 amide bonds. The van der Waals surface area contributed by atoms with Crippen LogP contribution in [0.5, 0.6) is 0 Å². The second-order valence-corrected chi connectivity index (χ2v) is 3.54. The molecule has 0 aliphatic heterocycles. The van der Waals surface area contributed by atoms with Crippen molar-refractivity contribution in [1.82, 2.24) is 0 Å². The maximum Gasteiger partial charge on any atom is 0.133 e. The summed E-state index contributed by atoms with van der Waals surface area (Å²) in [5, 5.41) is 0. The molecule has 3 rings (SSSR count). The van der Waals surface area contributed by atoms with Gasteiger partial charge in [0.25, 0.3) is 0 Å². The van der Waals surface area contributed by atoms with Gasteiger partial charge in [0.2, 0.25) is 0 Å². The van der Waals surface area contributed by atoms with Crippen LogP contribution in [0.3, 0.4) is 0 Å². The van der Waals surface area contributed by atoms with E-state index in [1.807, 2.05) is 30.3 Å². The molecule has 1 aromatic rings. The summed E-state index contributed by atoms with van der Waals surface area (Å²) in [6.45, 7) is 0. The van der Waals surface area contributed by atoms with Gasteiger partial charge in [-0.3, -0.25) is 0 Å². The Hall–Kier alpha value is -2.02. The Balaban J connectivity index is 2.20. The highest BCUT2D eigenvalue weighted by molar-refractivity contribution is 5.77. The molecule has 0 fully saturated rings. The fraction of sp³-hybridized carbons (Fsp3) is 0. The van der Waals surface area contributed by atoms with Crippen molar-refractivity contribution < 1.29 is 4.42 Å². The number of furan rings is 1. The molecule has 72 valence electrons. The van der Waals surface area contributed by atoms with Gasteiger partial charge in [0.05, 0.1) is 6.26 Å². The first-order chi connectivity index (χ1) is 7.43. The van der Waals surface area contributed by atoms with Crippen LogP contribution in [0.25, 0.3) is 22.5 Å². The Morgan fingerprint density at radius 2 is 1.40 bits per heavy atom. The molecule has 15 heavy (non-hydrogen) atoms. The number of hydrogen-bond donors (Lipinski definition) is 0. The monoisotopic (exact) mass is 194 g/mol. The van der Waals surface area contributed by atoms with Crippen LogP contribution in [-0.2, 0) is 0 Å². The molecule has 0 saturated heterocycles. The first kappa shape index (κ1) is 8.30. The zero-order valence-electron chi connectivity index (χ0n) is 8.18. The predicted octanol–water partition coefficient (Wildman–Crippen LogP) is 4.05. The van der Waals surface area contributed by atoms with Gasteiger partial charge in [-0.05, 0) is 35.4 Å². The van der Waals surface area contributed by atoms with Gasteiger partial charge in [-0.2, -0.15) is 0 Å². The number of hydrogen-bond acceptors (Lipinski definition) is 1. The smallest absolute Gasteiger partial charge is 0.133 e. The number of rotatable bonds is 1. The van der Waals surface area contributed by atoms with E-state index in [9.17, 15) is 0 Å². The van der Waals surface area contributed by atoms with E-state index in [2.05, 4.69) is 24.3 Å². The summed E-state index contributed by atoms with van der Waals surface area (Å²) in [6.07, 6.45) is 1.70. The second kappa shape index (κ2) is 3.28. The average Bonchev–Trinajstić information content (AvgIpc) is 2.84. The van der Waals surface area contributed by atoms with Crippen molar-refractivity contribution in [1.29, 1.82) is 0 Å². The van der Waals surface area contributed by atoms with E-state index in [0.29, 0.717) is 0 Å². The highest BCUT2D eigenvalue weighted by Crippen LogP contribution is 2.31. The molecule has 0 atom stereocenters. The Morgan fingerprint density at radius 3 is 2.00 bits per heavy atom. The molecule has 1 aromatic heterocycles. The third kappa shape index (κ3) is 1.42. The summed E-state index contributed by atoms with van der Waals surface area (Å²) in [6, 6.07) is 18.5. The summed E-state index contributed by atoms with van der Waals surface area (Å²) in [5.74, 6) is 0.925. The highest BCUT2D eigenvalue weighted by Gasteiger charge is 2.07. The van der Waals surface area contributed by atoms with Gasteiger partial charge in [0.1, 0.15) is 5.76 Å². The van der Waals surface area contributed by atoms with E-state index in [1.165, 1.54) is 11.1 Å². The first-order valence-corrected chi connectivity index (χ1v) is 4.96. The lowest BCUT2D eigenvalue weighted by molar-refractivity contribution is 0.582. The Bertz CT molecular complexity index is 506. The van der Waals surface area contributed by atoms with Crippen LogP contribution in [0.2, 0.25) is 0 Å². The third-order valence-electron chi connectivity index (χ3n) is 2.53. The van der Waals surface area contributed by atoms with Crippen LogP contribution in [0.1, 0.15) is 0 Å². The second-order valence-electron chi connectivity index (χ2n) is 3.54. The molecule has 1 heterocycles. The van der Waals surface area contributed by atoms with E-state index in [1.54, 1.807) is 6.26 Å². The van der Waals surface area contributed by atoms with Crippen molar-refractivity contribution in [3.05, 3.63) is 60.9 Å². The van der Waals surface area contributed by atoms with Crippen molar-refractivity contribution in [2.45, 2.75) is 0 Å². The van der Waals surface area contributed by atoms with Crippen molar-refractivity contribution in [2.24, 2.45) is 0 Å². The van der Waals surface area contributed by atoms with Crippen LogP contribution >= 0.6 is 0 Å². The molecule has 2 aliphatic rings. The molecule has 0 aromatic carbocycles. The standard InChI is InChI=1S/C14H10O/c1-2-5-11-9-13(10-12(11)6-3-1)14-7-4-8-15-14/h1-10H. The predicted molar refractivity (Wildman–Crippen MR) is 60.8 cm³/mol. The molecule has 0 unspecified atom stereocenters. The minimum absolute atomic E-state index is 0.925. The molecule has 0 spiro atoms. The van der Waals surface area contributed by atoms with Gasteiger partial charge < -0.3 is 4.42 Å². The molecular weight excluding hydrogens is 184 g/mol. The lowest BCUT2D eigenvalue weighted by Gasteiger charge is -1.86. The maximum absolute atomic E-state index is 5.37. The Labute approximate surface area is 88.3 Å². The van der Waals surface area contributed by atoms with Gasteiger partial charge in [0.15, 0.2) is 0 Å². The molecule has 2 aliphatic carbocycles. The van der Waals surface area contributed by atoms with E-state index < -0.39 is 0 Å². The number of fused-ring (bicyclic) bond motifs is 1. The SMILES string of the molecule is c1ccc2cc(-c3ccco3)cc-2cc1. The Morgan fingerprint density at radius 1 is 0.667 bits per heavy atom. The van der Waals surface area contributed by atoms with E-state index in [4.69, 9.17) is 4.42 Å². The third-order valence-corrected chi connectivity index (χ3v) is 2.53. The van der Waals surface area contributed by atoms with Gasteiger partial charge in [0, 0.05) is 5.56 Å². The lowest BCUT2D eigenvalue weighted by atomic mass is 10.2. The lowest BCUT2D eigenvalue weighted by Crippen LogP contribution is -1.62. The van der Waals surface area contributed by atoms with Crippen molar-refractivity contribution in [2.75, 3.05) is 0 Å². The zero-order chi connectivity index (χ0) is 10.1. The summed E-state index contributed by atoms with van der Waals surface area (Å²) < 4.78 is 5.37. The van der Waals surface area contributed by atoms with Crippen LogP contribution < -0.4 is 0 Å². The summed E-state index contributed by atoms with van der Waals surface area (Å²) in [5.41, 5.74) is 3.62. The molecule has 0 N–H and O–H groups in total. The normalized spacial score (nSPS) is 10.7. The van der Waals surface area contributed by atoms with Crippen molar-refractivity contribution in [3.8, 4) is 22.5 Å². The van der Waals surface area contributed by atoms with E-state index in [0.717, 1.165) is 11.3 Å². The molecule has 0 saturated carbocycles. The summed E-state index contributed by atoms with van der Waals surface area (Å²) >= 11 is 0. The fourth-order valence-electron chi connectivity index (χ4n) is 1.80.